The van der Waals surface area contributed by atoms with E-state index in [1.807, 2.05) is 0 Å². The van der Waals surface area contributed by atoms with E-state index < -0.39 is 30.0 Å². The number of ether oxygens (including phenoxy) is 1. The molecule has 3 heterocycles. The molecule has 1 fully saturated rings. The van der Waals surface area contributed by atoms with Gasteiger partial charge in [-0.2, -0.15) is 5.06 Å². The largest absolute Gasteiger partial charge is 0.467 e. The van der Waals surface area contributed by atoms with Crippen LogP contribution in [0.2, 0.25) is 0 Å². The smallest absolute Gasteiger partial charge is 0.346 e. The minimum Gasteiger partial charge on any atom is -0.467 e. The lowest BCUT2D eigenvalue weighted by molar-refractivity contribution is -0.146. The van der Waals surface area contributed by atoms with Gasteiger partial charge in [0.2, 0.25) is 0 Å². The minimum absolute atomic E-state index is 0.251. The number of primary amides is 1. The van der Waals surface area contributed by atoms with Gasteiger partial charge in [0.05, 0.1) is 18.5 Å². The van der Waals surface area contributed by atoms with Crippen molar-refractivity contribution in [1.29, 1.82) is 0 Å². The molecule has 1 aromatic heterocycles. The van der Waals surface area contributed by atoms with E-state index in [4.69, 9.17) is 14.8 Å². The molecule has 0 radical (unpaired) electrons. The predicted molar refractivity (Wildman–Crippen MR) is 74.3 cm³/mol. The highest BCUT2D eigenvalue weighted by Crippen LogP contribution is 2.47. The predicted octanol–water partition coefficient (Wildman–Crippen LogP) is 0.630. The number of nitrogens with two attached hydrogens (primary N) is 1. The molecule has 0 aromatic carbocycles. The standard InChI is InChI=1S/C11H11N3O5S2/c1-18-10(16)7-8-4(2-6(21-8)9(12)15)5-3-13(7)11(17)14(5)19-20/h2,5,7,20H,3H2,1H3,(H2,12,15). The molecule has 2 aliphatic rings. The molecule has 8 nitrogen and oxygen atoms in total. The van der Waals surface area contributed by atoms with Gasteiger partial charge in [-0.25, -0.2) is 13.9 Å². The van der Waals surface area contributed by atoms with Gasteiger partial charge in [-0.05, 0) is 11.6 Å². The number of esters is 1. The fraction of sp³-hybridized carbons (Fsp3) is 0.364. The second-order valence-corrected chi connectivity index (χ2v) is 5.83. The zero-order valence-corrected chi connectivity index (χ0v) is 12.5. The number of thiophene rings is 1. The highest BCUT2D eigenvalue weighted by Gasteiger charge is 2.52. The second kappa shape index (κ2) is 4.90. The maximum Gasteiger partial charge on any atom is 0.346 e. The van der Waals surface area contributed by atoms with Crippen molar-refractivity contribution in [3.8, 4) is 0 Å². The van der Waals surface area contributed by atoms with Crippen LogP contribution < -0.4 is 5.73 Å². The monoisotopic (exact) mass is 329 g/mol. The molecular formula is C11H11N3O5S2. The third kappa shape index (κ3) is 1.90. The Labute approximate surface area is 129 Å². The highest BCUT2D eigenvalue weighted by molar-refractivity contribution is 7.75. The van der Waals surface area contributed by atoms with E-state index in [0.29, 0.717) is 15.3 Å². The SMILES string of the molecule is COC(=O)C1c2sc(C(N)=O)cc2C2CN1C(=O)N2OS. The highest BCUT2D eigenvalue weighted by atomic mass is 32.1. The lowest BCUT2D eigenvalue weighted by Gasteiger charge is -2.28. The van der Waals surface area contributed by atoms with Crippen LogP contribution in [0.4, 0.5) is 4.79 Å². The Morgan fingerprint density at radius 1 is 1.52 bits per heavy atom. The molecule has 2 N–H and O–H groups in total. The summed E-state index contributed by atoms with van der Waals surface area (Å²) < 4.78 is 9.56. The van der Waals surface area contributed by atoms with Crippen LogP contribution in [-0.4, -0.2) is 41.5 Å². The Hall–Kier alpha value is -1.78. The number of amides is 3. The summed E-state index contributed by atoms with van der Waals surface area (Å²) in [5.74, 6) is -1.17. The van der Waals surface area contributed by atoms with Crippen molar-refractivity contribution in [3.63, 3.8) is 0 Å². The van der Waals surface area contributed by atoms with Gasteiger partial charge in [-0.15, -0.1) is 11.3 Å². The molecule has 10 heteroatoms. The van der Waals surface area contributed by atoms with E-state index in [0.717, 1.165) is 16.4 Å². The average Bonchev–Trinajstić information content (AvgIpc) is 3.01. The van der Waals surface area contributed by atoms with Crippen LogP contribution >= 0.6 is 24.2 Å². The second-order valence-electron chi connectivity index (χ2n) is 4.58. The summed E-state index contributed by atoms with van der Waals surface area (Å²) in [6, 6.07) is -0.233. The quantitative estimate of drug-likeness (QED) is 0.481. The van der Waals surface area contributed by atoms with Crippen molar-refractivity contribution in [2.24, 2.45) is 5.73 Å². The molecule has 0 saturated carbocycles. The number of fused-ring (bicyclic) bond motifs is 4. The number of carbonyl (C=O) groups is 3. The van der Waals surface area contributed by atoms with Gasteiger partial charge in [-0.3, -0.25) is 4.79 Å². The Kier molecular flexibility index (Phi) is 3.30. The summed E-state index contributed by atoms with van der Waals surface area (Å²) in [6.07, 6.45) is 0. The average molecular weight is 329 g/mol. The van der Waals surface area contributed by atoms with E-state index in [-0.39, 0.29) is 6.54 Å². The summed E-state index contributed by atoms with van der Waals surface area (Å²) >= 11 is 4.75. The van der Waals surface area contributed by atoms with Crippen LogP contribution in [-0.2, 0) is 13.8 Å². The van der Waals surface area contributed by atoms with E-state index in [1.54, 1.807) is 6.07 Å². The lowest BCUT2D eigenvalue weighted by atomic mass is 9.99. The molecule has 1 saturated heterocycles. The van der Waals surface area contributed by atoms with Gasteiger partial charge in [0.1, 0.15) is 6.04 Å². The number of hydrogen-bond donors (Lipinski definition) is 2. The fourth-order valence-electron chi connectivity index (χ4n) is 2.63. The maximum atomic E-state index is 12.2. The van der Waals surface area contributed by atoms with Crippen LogP contribution in [0.25, 0.3) is 0 Å². The van der Waals surface area contributed by atoms with E-state index in [9.17, 15) is 14.4 Å². The van der Waals surface area contributed by atoms with Gasteiger partial charge in [0.15, 0.2) is 6.04 Å². The van der Waals surface area contributed by atoms with Crippen molar-refractivity contribution in [1.82, 2.24) is 9.96 Å². The first-order valence-electron chi connectivity index (χ1n) is 5.92. The van der Waals surface area contributed by atoms with Gasteiger partial charge in [0.25, 0.3) is 5.91 Å². The zero-order valence-electron chi connectivity index (χ0n) is 10.8. The van der Waals surface area contributed by atoms with E-state index >= 15 is 0 Å². The molecule has 2 aliphatic heterocycles. The van der Waals surface area contributed by atoms with Crippen molar-refractivity contribution in [2.75, 3.05) is 13.7 Å². The van der Waals surface area contributed by atoms with Crippen LogP contribution in [0, 0.1) is 0 Å². The first kappa shape index (κ1) is 14.2. The summed E-state index contributed by atoms with van der Waals surface area (Å²) in [7, 11) is 1.24. The van der Waals surface area contributed by atoms with Gasteiger partial charge in [-0.1, -0.05) is 0 Å². The molecule has 21 heavy (non-hydrogen) atoms. The zero-order chi connectivity index (χ0) is 15.3. The molecule has 112 valence electrons. The molecule has 1 aromatic rings. The van der Waals surface area contributed by atoms with E-state index in [2.05, 4.69) is 12.9 Å². The van der Waals surface area contributed by atoms with E-state index in [1.165, 1.54) is 12.0 Å². The molecule has 0 spiro atoms. The topological polar surface area (TPSA) is 102 Å². The molecular weight excluding hydrogens is 318 g/mol. The minimum atomic E-state index is -0.902. The number of rotatable bonds is 3. The number of methoxy groups -OCH3 is 1. The first-order chi connectivity index (χ1) is 9.99. The third-order valence-corrected chi connectivity index (χ3v) is 4.95. The summed E-state index contributed by atoms with van der Waals surface area (Å²) in [5.41, 5.74) is 5.94. The van der Waals surface area contributed by atoms with Crippen molar-refractivity contribution in [2.45, 2.75) is 12.1 Å². The molecule has 2 bridgehead atoms. The number of hydrogen-bond acceptors (Lipinski definition) is 7. The molecule has 2 unspecified atom stereocenters. The Morgan fingerprint density at radius 2 is 2.24 bits per heavy atom. The lowest BCUT2D eigenvalue weighted by Crippen LogP contribution is -2.38. The molecule has 0 aliphatic carbocycles. The van der Waals surface area contributed by atoms with Crippen molar-refractivity contribution in [3.05, 3.63) is 21.4 Å². The number of thiol groups is 1. The number of carbonyl (C=O) groups excluding carboxylic acids is 3. The Bertz CT molecular complexity index is 646. The van der Waals surface area contributed by atoms with Gasteiger partial charge < -0.3 is 15.4 Å². The first-order valence-corrected chi connectivity index (χ1v) is 7.10. The number of hydroxylamine groups is 2. The van der Waals surface area contributed by atoms with Gasteiger partial charge >= 0.3 is 12.0 Å². The molecule has 3 amide bonds. The van der Waals surface area contributed by atoms with Crippen LogP contribution in [0.3, 0.4) is 0 Å². The number of nitrogens with zero attached hydrogens (tertiary/aromatic N) is 2. The van der Waals surface area contributed by atoms with Crippen LogP contribution in [0.15, 0.2) is 6.07 Å². The maximum absolute atomic E-state index is 12.2. The van der Waals surface area contributed by atoms with Crippen molar-refractivity contribution >= 4 is 42.2 Å². The molecule has 3 rings (SSSR count). The summed E-state index contributed by atoms with van der Waals surface area (Å²) in [6.45, 7) is 0.251. The van der Waals surface area contributed by atoms with Gasteiger partial charge in [0, 0.05) is 17.8 Å². The van der Waals surface area contributed by atoms with Crippen LogP contribution in [0.5, 0.6) is 0 Å². The summed E-state index contributed by atoms with van der Waals surface area (Å²) in [4.78, 5) is 37.8. The summed E-state index contributed by atoms with van der Waals surface area (Å²) in [5, 5.41) is 1.06. The Balaban J connectivity index is 2.15. The fourth-order valence-corrected chi connectivity index (χ4v) is 3.99. The van der Waals surface area contributed by atoms with Crippen LogP contribution in [0.1, 0.15) is 32.2 Å². The third-order valence-electron chi connectivity index (χ3n) is 3.55. The normalized spacial score (nSPS) is 23.2. The van der Waals surface area contributed by atoms with Crippen molar-refractivity contribution < 1.29 is 23.4 Å². The molecule has 2 atom stereocenters. The Morgan fingerprint density at radius 3 is 2.81 bits per heavy atom. The number of urea groups is 1.